The molecule has 0 bridgehead atoms. The van der Waals surface area contributed by atoms with E-state index < -0.39 is 15.8 Å². The fourth-order valence-corrected chi connectivity index (χ4v) is 11.5. The van der Waals surface area contributed by atoms with Gasteiger partial charge in [0.25, 0.3) is 0 Å². The molecular formula is C46H46O6P2. The van der Waals surface area contributed by atoms with Crippen molar-refractivity contribution in [1.82, 2.24) is 0 Å². The number of hydrogen-bond acceptors (Lipinski definition) is 6. The van der Waals surface area contributed by atoms with Crippen molar-refractivity contribution in [3.63, 3.8) is 0 Å². The van der Waals surface area contributed by atoms with Gasteiger partial charge < -0.3 is 28.4 Å². The van der Waals surface area contributed by atoms with Crippen molar-refractivity contribution in [1.29, 1.82) is 0 Å². The molecule has 6 aromatic carbocycles. The van der Waals surface area contributed by atoms with Crippen LogP contribution in [0.1, 0.15) is 0 Å². The second-order valence-corrected chi connectivity index (χ2v) is 16.8. The third-order valence-corrected chi connectivity index (χ3v) is 13.9. The Hall–Kier alpha value is -4.38. The molecule has 0 N–H and O–H groups in total. The summed E-state index contributed by atoms with van der Waals surface area (Å²) < 4.78 is 36.9. The maximum Gasteiger partial charge on any atom is 0.128 e. The molecule has 1 aliphatic heterocycles. The van der Waals surface area contributed by atoms with Gasteiger partial charge in [-0.1, -0.05) is 146 Å². The predicted molar refractivity (Wildman–Crippen MR) is 224 cm³/mol. The van der Waals surface area contributed by atoms with Gasteiger partial charge >= 0.3 is 0 Å². The van der Waals surface area contributed by atoms with E-state index in [0.717, 1.165) is 22.6 Å². The molecule has 0 saturated heterocycles. The van der Waals surface area contributed by atoms with Crippen molar-refractivity contribution >= 4 is 47.7 Å². The van der Waals surface area contributed by atoms with Gasteiger partial charge in [0.05, 0.1) is 52.9 Å². The second kappa shape index (κ2) is 20.3. The summed E-state index contributed by atoms with van der Waals surface area (Å²) in [6.45, 7) is 4.59. The molecule has 0 spiro atoms. The molecule has 6 nitrogen and oxygen atoms in total. The van der Waals surface area contributed by atoms with Crippen molar-refractivity contribution in [3.05, 3.63) is 158 Å². The normalized spacial score (nSPS) is 15.0. The van der Waals surface area contributed by atoms with Crippen LogP contribution in [0.5, 0.6) is 11.5 Å². The highest BCUT2D eigenvalue weighted by molar-refractivity contribution is 7.80. The largest absolute Gasteiger partial charge is 0.491 e. The van der Waals surface area contributed by atoms with E-state index in [1.165, 1.54) is 31.8 Å². The molecule has 0 amide bonds. The molecule has 8 heteroatoms. The highest BCUT2D eigenvalue weighted by atomic mass is 31.1. The average molecular weight is 757 g/mol. The Bertz CT molecular complexity index is 1770. The van der Waals surface area contributed by atoms with E-state index in [9.17, 15) is 0 Å². The van der Waals surface area contributed by atoms with Gasteiger partial charge in [-0.05, 0) is 59.8 Å². The topological polar surface area (TPSA) is 55.4 Å². The maximum absolute atomic E-state index is 6.79. The molecule has 0 aromatic heterocycles. The summed E-state index contributed by atoms with van der Waals surface area (Å²) in [5.74, 6) is 1.59. The fraction of sp³-hybridized carbons (Fsp3) is 0.217. The Morgan fingerprint density at radius 2 is 0.556 bits per heavy atom. The molecule has 0 unspecified atom stereocenters. The molecular weight excluding hydrogens is 710 g/mol. The fourth-order valence-electron chi connectivity index (χ4n) is 6.50. The summed E-state index contributed by atoms with van der Waals surface area (Å²) in [6.07, 6.45) is 0. The smallest absolute Gasteiger partial charge is 0.128 e. The van der Waals surface area contributed by atoms with Gasteiger partial charge in [0.15, 0.2) is 0 Å². The van der Waals surface area contributed by atoms with Gasteiger partial charge in [-0.3, -0.25) is 0 Å². The molecule has 0 radical (unpaired) electrons. The van der Waals surface area contributed by atoms with Crippen LogP contribution in [-0.2, 0) is 18.9 Å². The maximum atomic E-state index is 6.79. The lowest BCUT2D eigenvalue weighted by Crippen LogP contribution is -2.27. The van der Waals surface area contributed by atoms with E-state index in [4.69, 9.17) is 28.4 Å². The zero-order valence-electron chi connectivity index (χ0n) is 30.4. The Balaban J connectivity index is 1.45. The van der Waals surface area contributed by atoms with E-state index in [-0.39, 0.29) is 0 Å². The van der Waals surface area contributed by atoms with Gasteiger partial charge in [0.1, 0.15) is 24.7 Å². The highest BCUT2D eigenvalue weighted by Gasteiger charge is 2.30. The van der Waals surface area contributed by atoms with Crippen LogP contribution in [0.3, 0.4) is 0 Å². The zero-order chi connectivity index (χ0) is 36.6. The lowest BCUT2D eigenvalue weighted by molar-refractivity contribution is -0.00704. The van der Waals surface area contributed by atoms with Crippen LogP contribution in [0.2, 0.25) is 0 Å². The monoisotopic (exact) mass is 756 g/mol. The number of hydrogen-bond donors (Lipinski definition) is 0. The van der Waals surface area contributed by atoms with Crippen molar-refractivity contribution in [2.75, 3.05) is 66.1 Å². The van der Waals surface area contributed by atoms with E-state index in [1.54, 1.807) is 0 Å². The van der Waals surface area contributed by atoms with Gasteiger partial charge in [0, 0.05) is 11.1 Å². The number of benzene rings is 6. The summed E-state index contributed by atoms with van der Waals surface area (Å²) in [7, 11) is -2.03. The van der Waals surface area contributed by atoms with E-state index in [1.807, 2.05) is 0 Å². The third-order valence-electron chi connectivity index (χ3n) is 8.88. The summed E-state index contributed by atoms with van der Waals surface area (Å²) >= 11 is 0. The van der Waals surface area contributed by atoms with Gasteiger partial charge in [-0.15, -0.1) is 0 Å². The quantitative estimate of drug-likeness (QED) is 0.176. The van der Waals surface area contributed by atoms with Crippen LogP contribution >= 0.6 is 15.8 Å². The number of rotatable bonds is 6. The zero-order valence-corrected chi connectivity index (χ0v) is 32.2. The summed E-state index contributed by atoms with van der Waals surface area (Å²) in [5, 5.41) is 7.41. The lowest BCUT2D eigenvalue weighted by atomic mass is 10.0. The van der Waals surface area contributed by atoms with Crippen molar-refractivity contribution in [2.24, 2.45) is 0 Å². The van der Waals surface area contributed by atoms with Crippen LogP contribution in [-0.4, -0.2) is 66.1 Å². The Labute approximate surface area is 321 Å². The molecule has 0 fully saturated rings. The first-order valence-electron chi connectivity index (χ1n) is 18.5. The lowest BCUT2D eigenvalue weighted by Gasteiger charge is -2.29. The molecule has 7 rings (SSSR count). The first-order chi connectivity index (χ1) is 26.9. The Morgan fingerprint density at radius 1 is 0.278 bits per heavy atom. The molecule has 276 valence electrons. The first-order valence-corrected chi connectivity index (χ1v) is 21.2. The van der Waals surface area contributed by atoms with Crippen LogP contribution in [0.15, 0.2) is 158 Å². The predicted octanol–water partition coefficient (Wildman–Crippen LogP) is 6.71. The summed E-state index contributed by atoms with van der Waals surface area (Å²) in [6, 6.07) is 56.3. The van der Waals surface area contributed by atoms with Crippen molar-refractivity contribution < 1.29 is 28.4 Å². The van der Waals surface area contributed by atoms with E-state index in [2.05, 4.69) is 158 Å². The summed E-state index contributed by atoms with van der Waals surface area (Å²) in [4.78, 5) is 0. The molecule has 1 aliphatic rings. The molecule has 1 heterocycles. The number of ether oxygens (including phenoxy) is 6. The van der Waals surface area contributed by atoms with Crippen molar-refractivity contribution in [3.8, 4) is 22.6 Å². The minimum atomic E-state index is -1.02. The molecule has 0 aliphatic carbocycles. The minimum absolute atomic E-state index is 0.381. The van der Waals surface area contributed by atoms with Crippen LogP contribution in [0.4, 0.5) is 0 Å². The van der Waals surface area contributed by atoms with Crippen LogP contribution < -0.4 is 41.3 Å². The van der Waals surface area contributed by atoms with E-state index in [0.29, 0.717) is 66.1 Å². The van der Waals surface area contributed by atoms with Crippen molar-refractivity contribution in [2.45, 2.75) is 0 Å². The SMILES string of the molecule is c1ccc(P(c2ccccc2)c2cccc3c2-c2c(cccc2P(c2ccccc2)c2ccccc2)OCCOCCOCCOCCOCCO3)cc1. The van der Waals surface area contributed by atoms with Gasteiger partial charge in [-0.2, -0.15) is 0 Å². The molecule has 0 saturated carbocycles. The molecule has 0 atom stereocenters. The summed E-state index contributed by atoms with van der Waals surface area (Å²) in [5.41, 5.74) is 2.07. The number of fused-ring (bicyclic) bond motifs is 3. The van der Waals surface area contributed by atoms with Crippen LogP contribution in [0, 0.1) is 0 Å². The molecule has 6 aromatic rings. The second-order valence-electron chi connectivity index (χ2n) is 12.5. The Morgan fingerprint density at radius 3 is 0.852 bits per heavy atom. The first kappa shape index (κ1) is 37.9. The third kappa shape index (κ3) is 9.83. The molecule has 54 heavy (non-hydrogen) atoms. The van der Waals surface area contributed by atoms with Gasteiger partial charge in [0.2, 0.25) is 0 Å². The Kier molecular flexibility index (Phi) is 14.3. The minimum Gasteiger partial charge on any atom is -0.491 e. The standard InChI is InChI=1S/C46H46O6P2/c1-5-15-37(16-6-1)53(38-17-7-2-8-18-38)43-25-13-23-41-45(43)46-42(52-36-34-50-32-30-48-28-27-47-29-31-49-33-35-51-41)24-14-26-44(46)54(39-19-9-3-10-20-39)40-21-11-4-12-22-40/h1-26H,27-36H2. The van der Waals surface area contributed by atoms with Gasteiger partial charge in [-0.25, -0.2) is 0 Å². The highest BCUT2D eigenvalue weighted by Crippen LogP contribution is 2.47. The van der Waals surface area contributed by atoms with E-state index >= 15 is 0 Å². The van der Waals surface area contributed by atoms with Crippen LogP contribution in [0.25, 0.3) is 11.1 Å². The average Bonchev–Trinajstić information content (AvgIpc) is 3.22.